The van der Waals surface area contributed by atoms with Crippen molar-refractivity contribution >= 4 is 5.97 Å². The third-order valence-corrected chi connectivity index (χ3v) is 5.09. The lowest BCUT2D eigenvalue weighted by molar-refractivity contribution is -0.153. The Labute approximate surface area is 171 Å². The van der Waals surface area contributed by atoms with Gasteiger partial charge in [0.15, 0.2) is 0 Å². The van der Waals surface area contributed by atoms with Crippen LogP contribution in [-0.2, 0) is 14.9 Å². The molecule has 0 heterocycles. The van der Waals surface area contributed by atoms with Crippen LogP contribution in [0.3, 0.4) is 0 Å². The SMILES string of the molecule is CC(=O)OC(CC#N)C(O)C(c1ccccc1)(c1ccccc1)c1ccccc1. The topological polar surface area (TPSA) is 70.3 Å². The quantitative estimate of drug-likeness (QED) is 0.488. The number of carbonyl (C=O) groups excluding carboxylic acids is 1. The molecule has 0 aromatic heterocycles. The normalized spacial score (nSPS) is 13.1. The van der Waals surface area contributed by atoms with Crippen molar-refractivity contribution in [2.45, 2.75) is 31.0 Å². The average Bonchev–Trinajstić information content (AvgIpc) is 2.76. The highest BCUT2D eigenvalue weighted by Gasteiger charge is 2.47. The highest BCUT2D eigenvalue weighted by atomic mass is 16.6. The van der Waals surface area contributed by atoms with E-state index in [9.17, 15) is 15.2 Å². The minimum Gasteiger partial charge on any atom is -0.459 e. The molecule has 3 aromatic rings. The maximum absolute atomic E-state index is 11.7. The van der Waals surface area contributed by atoms with Crippen molar-refractivity contribution < 1.29 is 14.6 Å². The molecule has 0 fully saturated rings. The van der Waals surface area contributed by atoms with Crippen LogP contribution < -0.4 is 0 Å². The van der Waals surface area contributed by atoms with Gasteiger partial charge in [0.2, 0.25) is 0 Å². The number of hydrogen-bond acceptors (Lipinski definition) is 4. The lowest BCUT2D eigenvalue weighted by Gasteiger charge is -2.42. The first kappa shape index (κ1) is 20.3. The zero-order chi connectivity index (χ0) is 20.7. The van der Waals surface area contributed by atoms with Gasteiger partial charge in [-0.2, -0.15) is 5.26 Å². The molecule has 1 N–H and O–H groups in total. The Morgan fingerprint density at radius 2 is 1.28 bits per heavy atom. The molecular formula is C25H23NO3. The van der Waals surface area contributed by atoms with E-state index >= 15 is 0 Å². The molecule has 146 valence electrons. The Bertz CT molecular complexity index is 869. The van der Waals surface area contributed by atoms with E-state index in [1.807, 2.05) is 97.1 Å². The molecule has 3 aromatic carbocycles. The number of aliphatic hydroxyl groups excluding tert-OH is 1. The van der Waals surface area contributed by atoms with Gasteiger partial charge in [-0.15, -0.1) is 0 Å². The van der Waals surface area contributed by atoms with Crippen molar-refractivity contribution in [1.29, 1.82) is 5.26 Å². The van der Waals surface area contributed by atoms with Gasteiger partial charge in [-0.25, -0.2) is 0 Å². The van der Waals surface area contributed by atoms with Crippen LogP contribution in [0.4, 0.5) is 0 Å². The van der Waals surface area contributed by atoms with Gasteiger partial charge < -0.3 is 9.84 Å². The van der Waals surface area contributed by atoms with E-state index in [4.69, 9.17) is 4.74 Å². The average molecular weight is 385 g/mol. The van der Waals surface area contributed by atoms with Crippen LogP contribution in [0.5, 0.6) is 0 Å². The minimum absolute atomic E-state index is 0.116. The summed E-state index contributed by atoms with van der Waals surface area (Å²) in [6.07, 6.45) is -2.29. The number of benzene rings is 3. The zero-order valence-electron chi connectivity index (χ0n) is 16.2. The lowest BCUT2D eigenvalue weighted by atomic mass is 9.64. The standard InChI is InChI=1S/C25H23NO3/c1-19(27)29-23(17-18-26)24(28)25(20-11-5-2-6-12-20,21-13-7-3-8-14-21)22-15-9-4-10-16-22/h2-16,23-24,28H,17H2,1H3. The fourth-order valence-corrected chi connectivity index (χ4v) is 3.92. The highest BCUT2D eigenvalue weighted by Crippen LogP contribution is 2.44. The smallest absolute Gasteiger partial charge is 0.303 e. The molecule has 0 amide bonds. The van der Waals surface area contributed by atoms with Crippen molar-refractivity contribution in [1.82, 2.24) is 0 Å². The lowest BCUT2D eigenvalue weighted by Crippen LogP contribution is -2.49. The van der Waals surface area contributed by atoms with Crippen molar-refractivity contribution in [2.75, 3.05) is 0 Å². The summed E-state index contributed by atoms with van der Waals surface area (Å²) >= 11 is 0. The molecule has 29 heavy (non-hydrogen) atoms. The van der Waals surface area contributed by atoms with E-state index in [1.165, 1.54) is 6.92 Å². The largest absolute Gasteiger partial charge is 0.459 e. The van der Waals surface area contributed by atoms with Gasteiger partial charge in [-0.05, 0) is 16.7 Å². The predicted octanol–water partition coefficient (Wildman–Crippen LogP) is 4.23. The van der Waals surface area contributed by atoms with Crippen molar-refractivity contribution in [3.63, 3.8) is 0 Å². The van der Waals surface area contributed by atoms with Crippen LogP contribution >= 0.6 is 0 Å². The van der Waals surface area contributed by atoms with Crippen LogP contribution in [0, 0.1) is 11.3 Å². The first-order valence-electron chi connectivity index (χ1n) is 9.49. The Morgan fingerprint density at radius 1 is 0.897 bits per heavy atom. The molecule has 0 saturated carbocycles. The number of nitriles is 1. The van der Waals surface area contributed by atoms with Gasteiger partial charge in [0.25, 0.3) is 0 Å². The van der Waals surface area contributed by atoms with Gasteiger partial charge in [0.05, 0.1) is 17.9 Å². The summed E-state index contributed by atoms with van der Waals surface area (Å²) in [5, 5.41) is 21.1. The van der Waals surface area contributed by atoms with Gasteiger partial charge in [-0.3, -0.25) is 4.79 Å². The molecule has 0 spiro atoms. The fourth-order valence-electron chi connectivity index (χ4n) is 3.92. The molecule has 4 nitrogen and oxygen atoms in total. The van der Waals surface area contributed by atoms with E-state index in [0.29, 0.717) is 0 Å². The molecule has 0 aliphatic carbocycles. The van der Waals surface area contributed by atoms with Crippen LogP contribution in [0.15, 0.2) is 91.0 Å². The number of hydrogen-bond donors (Lipinski definition) is 1. The summed E-state index contributed by atoms with van der Waals surface area (Å²) in [5.74, 6) is -0.535. The molecule has 4 heteroatoms. The second kappa shape index (κ2) is 9.18. The molecule has 0 radical (unpaired) electrons. The molecule has 0 bridgehead atoms. The van der Waals surface area contributed by atoms with Crippen molar-refractivity contribution in [3.05, 3.63) is 108 Å². The Kier molecular flexibility index (Phi) is 6.43. The Morgan fingerprint density at radius 3 is 1.59 bits per heavy atom. The Hall–Kier alpha value is -3.42. The van der Waals surface area contributed by atoms with E-state index in [-0.39, 0.29) is 6.42 Å². The summed E-state index contributed by atoms with van der Waals surface area (Å²) in [5.41, 5.74) is 1.51. The van der Waals surface area contributed by atoms with Crippen LogP contribution in [0.25, 0.3) is 0 Å². The second-order valence-electron chi connectivity index (χ2n) is 6.86. The van der Waals surface area contributed by atoms with Crippen LogP contribution in [-0.4, -0.2) is 23.3 Å². The van der Waals surface area contributed by atoms with Gasteiger partial charge in [0.1, 0.15) is 12.2 Å². The zero-order valence-corrected chi connectivity index (χ0v) is 16.2. The van der Waals surface area contributed by atoms with Crippen LogP contribution in [0.2, 0.25) is 0 Å². The summed E-state index contributed by atoms with van der Waals surface area (Å²) in [7, 11) is 0. The third-order valence-electron chi connectivity index (χ3n) is 5.09. The van der Waals surface area contributed by atoms with E-state index < -0.39 is 23.6 Å². The summed E-state index contributed by atoms with van der Waals surface area (Å²) in [4.78, 5) is 11.7. The molecule has 0 aliphatic heterocycles. The maximum Gasteiger partial charge on any atom is 0.303 e. The predicted molar refractivity (Wildman–Crippen MR) is 111 cm³/mol. The Balaban J connectivity index is 2.33. The van der Waals surface area contributed by atoms with Crippen molar-refractivity contribution in [2.24, 2.45) is 0 Å². The summed E-state index contributed by atoms with van der Waals surface area (Å²) < 4.78 is 5.41. The van der Waals surface area contributed by atoms with E-state index in [1.54, 1.807) is 0 Å². The molecular weight excluding hydrogens is 362 g/mol. The number of ether oxygens (including phenoxy) is 1. The van der Waals surface area contributed by atoms with Crippen molar-refractivity contribution in [3.8, 4) is 6.07 Å². The number of rotatable bonds is 7. The molecule has 3 rings (SSSR count). The first-order chi connectivity index (χ1) is 14.1. The minimum atomic E-state index is -1.18. The molecule has 2 atom stereocenters. The van der Waals surface area contributed by atoms with Gasteiger partial charge in [-0.1, -0.05) is 91.0 Å². The number of carbonyl (C=O) groups is 1. The van der Waals surface area contributed by atoms with E-state index in [2.05, 4.69) is 0 Å². The van der Waals surface area contributed by atoms with Gasteiger partial charge >= 0.3 is 5.97 Å². The molecule has 0 aliphatic rings. The number of esters is 1. The molecule has 2 unspecified atom stereocenters. The van der Waals surface area contributed by atoms with E-state index in [0.717, 1.165) is 16.7 Å². The maximum atomic E-state index is 11.7. The van der Waals surface area contributed by atoms with Gasteiger partial charge in [0, 0.05) is 6.92 Å². The molecule has 0 saturated heterocycles. The third kappa shape index (κ3) is 4.06. The number of nitrogens with zero attached hydrogens (tertiary/aromatic N) is 1. The first-order valence-corrected chi connectivity index (χ1v) is 9.49. The second-order valence-corrected chi connectivity index (χ2v) is 6.86. The summed E-state index contributed by atoms with van der Waals surface area (Å²) in [6, 6.07) is 30.9. The highest BCUT2D eigenvalue weighted by molar-refractivity contribution is 5.66. The van der Waals surface area contributed by atoms with Crippen LogP contribution in [0.1, 0.15) is 30.0 Å². The monoisotopic (exact) mass is 385 g/mol. The summed E-state index contributed by atoms with van der Waals surface area (Å²) in [6.45, 7) is 1.28. The number of aliphatic hydroxyl groups is 1. The fraction of sp³-hybridized carbons (Fsp3) is 0.200.